The Bertz CT molecular complexity index is 1070. The summed E-state index contributed by atoms with van der Waals surface area (Å²) in [7, 11) is 3.38. The summed E-state index contributed by atoms with van der Waals surface area (Å²) in [5.41, 5.74) is 2.98. The van der Waals surface area contributed by atoms with Crippen LogP contribution in [0.5, 0.6) is 11.6 Å². The second-order valence-corrected chi connectivity index (χ2v) is 7.49. The van der Waals surface area contributed by atoms with Crippen LogP contribution in [-0.2, 0) is 4.74 Å². The molecule has 2 aromatic carbocycles. The Labute approximate surface area is 174 Å². The van der Waals surface area contributed by atoms with Gasteiger partial charge in [0.25, 0.3) is 0 Å². The van der Waals surface area contributed by atoms with Crippen LogP contribution in [0.15, 0.2) is 53.5 Å². The standard InChI is InChI=1S/C23H25N3O4/c1-26-12-10-16(11-13-26)24-21(15-6-4-3-5-7-15)20-18-14-17(30-23(28)29-2)8-9-19(18)25-22(20)27/h3-9,14,16,25,27H,10-13H2,1-2H3. The zero-order valence-electron chi connectivity index (χ0n) is 17.1. The number of aromatic nitrogens is 1. The Kier molecular flexibility index (Phi) is 5.72. The molecule has 156 valence electrons. The summed E-state index contributed by atoms with van der Waals surface area (Å²) in [6.07, 6.45) is 1.14. The lowest BCUT2D eigenvalue weighted by atomic mass is 9.99. The molecule has 2 heterocycles. The molecule has 1 aromatic heterocycles. The molecule has 0 radical (unpaired) electrons. The first-order chi connectivity index (χ1) is 14.5. The van der Waals surface area contributed by atoms with Gasteiger partial charge in [-0.3, -0.25) is 4.99 Å². The Morgan fingerprint density at radius 2 is 1.90 bits per heavy atom. The SMILES string of the molecule is COC(=O)Oc1ccc2[nH]c(O)c(C(=NC3CCN(C)CC3)c3ccccc3)c2c1. The van der Waals surface area contributed by atoms with Gasteiger partial charge in [-0.1, -0.05) is 30.3 Å². The number of aliphatic imine (C=N–C) groups is 1. The number of rotatable bonds is 4. The predicted octanol–water partition coefficient (Wildman–Crippen LogP) is 3.95. The van der Waals surface area contributed by atoms with Gasteiger partial charge in [-0.05, 0) is 51.2 Å². The van der Waals surface area contributed by atoms with Gasteiger partial charge in [0, 0.05) is 16.5 Å². The molecule has 0 aliphatic carbocycles. The zero-order chi connectivity index (χ0) is 21.1. The van der Waals surface area contributed by atoms with Gasteiger partial charge >= 0.3 is 6.16 Å². The average Bonchev–Trinajstić information content (AvgIpc) is 3.09. The summed E-state index contributed by atoms with van der Waals surface area (Å²) in [5, 5.41) is 11.5. The predicted molar refractivity (Wildman–Crippen MR) is 116 cm³/mol. The van der Waals surface area contributed by atoms with Gasteiger partial charge in [0.05, 0.1) is 24.4 Å². The number of hydrogen-bond acceptors (Lipinski definition) is 6. The maximum Gasteiger partial charge on any atom is 0.513 e. The maximum atomic E-state index is 11.5. The van der Waals surface area contributed by atoms with Gasteiger partial charge in [-0.25, -0.2) is 4.79 Å². The van der Waals surface area contributed by atoms with Crippen molar-refractivity contribution in [3.63, 3.8) is 0 Å². The number of benzene rings is 2. The van der Waals surface area contributed by atoms with Crippen LogP contribution in [0.2, 0.25) is 0 Å². The van der Waals surface area contributed by atoms with Crippen molar-refractivity contribution in [2.24, 2.45) is 4.99 Å². The fourth-order valence-corrected chi connectivity index (χ4v) is 3.78. The van der Waals surface area contributed by atoms with Crippen molar-refractivity contribution in [3.8, 4) is 11.6 Å². The highest BCUT2D eigenvalue weighted by molar-refractivity contribution is 6.21. The lowest BCUT2D eigenvalue weighted by Gasteiger charge is -2.27. The van der Waals surface area contributed by atoms with Crippen LogP contribution in [0.1, 0.15) is 24.0 Å². The lowest BCUT2D eigenvalue weighted by Crippen LogP contribution is -2.32. The molecule has 7 heteroatoms. The number of methoxy groups -OCH3 is 1. The number of carbonyl (C=O) groups is 1. The smallest absolute Gasteiger partial charge is 0.494 e. The van der Waals surface area contributed by atoms with Crippen molar-refractivity contribution in [3.05, 3.63) is 59.7 Å². The van der Waals surface area contributed by atoms with E-state index in [1.165, 1.54) is 7.11 Å². The number of nitrogens with one attached hydrogen (secondary N) is 1. The lowest BCUT2D eigenvalue weighted by molar-refractivity contribution is 0.121. The van der Waals surface area contributed by atoms with Crippen molar-refractivity contribution >= 4 is 22.8 Å². The van der Waals surface area contributed by atoms with Crippen LogP contribution >= 0.6 is 0 Å². The third-order valence-corrected chi connectivity index (χ3v) is 5.40. The fraction of sp³-hybridized carbons (Fsp3) is 0.304. The Morgan fingerprint density at radius 3 is 2.60 bits per heavy atom. The number of fused-ring (bicyclic) bond motifs is 1. The van der Waals surface area contributed by atoms with E-state index in [4.69, 9.17) is 9.73 Å². The van der Waals surface area contributed by atoms with Gasteiger partial charge < -0.3 is 24.5 Å². The van der Waals surface area contributed by atoms with Gasteiger partial charge in [-0.2, -0.15) is 0 Å². The second-order valence-electron chi connectivity index (χ2n) is 7.49. The third kappa shape index (κ3) is 4.16. The first-order valence-electron chi connectivity index (χ1n) is 9.98. The highest BCUT2D eigenvalue weighted by atomic mass is 16.7. The van der Waals surface area contributed by atoms with E-state index in [1.54, 1.807) is 18.2 Å². The van der Waals surface area contributed by atoms with E-state index >= 15 is 0 Å². The highest BCUT2D eigenvalue weighted by Gasteiger charge is 2.22. The number of likely N-dealkylation sites (tertiary alicyclic amines) is 1. The molecular formula is C23H25N3O4. The summed E-state index contributed by atoms with van der Waals surface area (Å²) in [6.45, 7) is 1.99. The van der Waals surface area contributed by atoms with E-state index < -0.39 is 6.16 Å². The number of hydrogen-bond donors (Lipinski definition) is 2. The number of carbonyl (C=O) groups excluding carboxylic acids is 1. The van der Waals surface area contributed by atoms with E-state index in [2.05, 4.69) is 21.7 Å². The Hall–Kier alpha value is -3.32. The molecule has 1 aliphatic rings. The van der Waals surface area contributed by atoms with Crippen LogP contribution < -0.4 is 4.74 Å². The van der Waals surface area contributed by atoms with Gasteiger partial charge in [0.15, 0.2) is 5.88 Å². The minimum absolute atomic E-state index is 0.0377. The molecule has 4 rings (SSSR count). The molecule has 0 bridgehead atoms. The molecule has 30 heavy (non-hydrogen) atoms. The van der Waals surface area contributed by atoms with E-state index in [1.807, 2.05) is 30.3 Å². The van der Waals surface area contributed by atoms with Gasteiger partial charge in [-0.15, -0.1) is 0 Å². The molecular weight excluding hydrogens is 382 g/mol. The Morgan fingerprint density at radius 1 is 1.17 bits per heavy atom. The molecule has 0 amide bonds. The number of ether oxygens (including phenoxy) is 2. The van der Waals surface area contributed by atoms with Crippen molar-refractivity contribution in [2.45, 2.75) is 18.9 Å². The van der Waals surface area contributed by atoms with Crippen molar-refractivity contribution < 1.29 is 19.4 Å². The highest BCUT2D eigenvalue weighted by Crippen LogP contribution is 2.33. The van der Waals surface area contributed by atoms with Gasteiger partial charge in [0.1, 0.15) is 5.75 Å². The minimum Gasteiger partial charge on any atom is -0.494 e. The van der Waals surface area contributed by atoms with E-state index in [-0.39, 0.29) is 11.9 Å². The molecule has 1 saturated heterocycles. The molecule has 0 spiro atoms. The number of aromatic hydroxyl groups is 1. The van der Waals surface area contributed by atoms with Crippen LogP contribution in [0.25, 0.3) is 10.9 Å². The Balaban J connectivity index is 1.82. The molecule has 2 N–H and O–H groups in total. The number of H-pyrrole nitrogens is 1. The molecule has 1 aliphatic heterocycles. The van der Waals surface area contributed by atoms with Crippen LogP contribution in [-0.4, -0.2) is 60.1 Å². The van der Waals surface area contributed by atoms with E-state index in [0.29, 0.717) is 11.3 Å². The zero-order valence-corrected chi connectivity index (χ0v) is 17.1. The van der Waals surface area contributed by atoms with Crippen LogP contribution in [0, 0.1) is 0 Å². The summed E-state index contributed by atoms with van der Waals surface area (Å²) in [5.74, 6) is 0.372. The first-order valence-corrected chi connectivity index (χ1v) is 9.98. The second kappa shape index (κ2) is 8.59. The quantitative estimate of drug-likeness (QED) is 0.388. The maximum absolute atomic E-state index is 11.5. The molecule has 7 nitrogen and oxygen atoms in total. The normalized spacial score (nSPS) is 16.0. The molecule has 1 fully saturated rings. The summed E-state index contributed by atoms with van der Waals surface area (Å²) in [4.78, 5) is 21.9. The molecule has 3 aromatic rings. The topological polar surface area (TPSA) is 87.1 Å². The molecule has 0 unspecified atom stereocenters. The third-order valence-electron chi connectivity index (χ3n) is 5.40. The number of nitrogens with zero attached hydrogens (tertiary/aromatic N) is 2. The monoisotopic (exact) mass is 407 g/mol. The molecule has 0 saturated carbocycles. The summed E-state index contributed by atoms with van der Waals surface area (Å²) >= 11 is 0. The minimum atomic E-state index is -0.793. The molecule has 0 atom stereocenters. The van der Waals surface area contributed by atoms with Crippen LogP contribution in [0.4, 0.5) is 4.79 Å². The first kappa shape index (κ1) is 20.0. The van der Waals surface area contributed by atoms with E-state index in [0.717, 1.165) is 48.1 Å². The largest absolute Gasteiger partial charge is 0.513 e. The number of aromatic amines is 1. The fourth-order valence-electron chi connectivity index (χ4n) is 3.78. The van der Waals surface area contributed by atoms with Crippen molar-refractivity contribution in [2.75, 3.05) is 27.2 Å². The van der Waals surface area contributed by atoms with Crippen molar-refractivity contribution in [1.82, 2.24) is 9.88 Å². The van der Waals surface area contributed by atoms with Gasteiger partial charge in [0.2, 0.25) is 0 Å². The summed E-state index contributed by atoms with van der Waals surface area (Å²) in [6, 6.07) is 15.1. The number of piperidine rings is 1. The van der Waals surface area contributed by atoms with Crippen molar-refractivity contribution in [1.29, 1.82) is 0 Å². The van der Waals surface area contributed by atoms with E-state index in [9.17, 15) is 9.90 Å². The van der Waals surface area contributed by atoms with Crippen LogP contribution in [0.3, 0.4) is 0 Å². The average molecular weight is 407 g/mol. The summed E-state index contributed by atoms with van der Waals surface area (Å²) < 4.78 is 9.76.